The summed E-state index contributed by atoms with van der Waals surface area (Å²) < 4.78 is 19.6. The lowest BCUT2D eigenvalue weighted by Gasteiger charge is -2.08. The van der Waals surface area contributed by atoms with Crippen molar-refractivity contribution in [2.45, 2.75) is 13.2 Å². The lowest BCUT2D eigenvalue weighted by Crippen LogP contribution is -2.00. The van der Waals surface area contributed by atoms with Crippen molar-refractivity contribution in [2.75, 3.05) is 0 Å². The largest absolute Gasteiger partial charge is 0.489 e. The van der Waals surface area contributed by atoms with Crippen LogP contribution in [0.2, 0.25) is 0 Å². The third-order valence-corrected chi connectivity index (χ3v) is 2.77. The van der Waals surface area contributed by atoms with Crippen molar-refractivity contribution in [3.63, 3.8) is 0 Å². The highest BCUT2D eigenvalue weighted by Gasteiger charge is 2.02. The Morgan fingerprint density at radius 1 is 1.17 bits per heavy atom. The first kappa shape index (κ1) is 13.0. The van der Waals surface area contributed by atoms with E-state index in [1.165, 1.54) is 12.1 Å². The van der Waals surface area contributed by atoms with Gasteiger partial charge in [-0.1, -0.05) is 0 Å². The second kappa shape index (κ2) is 5.93. The van der Waals surface area contributed by atoms with Gasteiger partial charge in [0.15, 0.2) is 0 Å². The van der Waals surface area contributed by atoms with Gasteiger partial charge in [-0.2, -0.15) is 0 Å². The summed E-state index contributed by atoms with van der Waals surface area (Å²) in [5.74, 6) is 0.121. The van der Waals surface area contributed by atoms with E-state index in [0.29, 0.717) is 17.9 Å². The fourth-order valence-corrected chi connectivity index (χ4v) is 1.94. The SMILES string of the molecule is NCc1cc(F)cc(OCc2cncc(Br)c2)c1. The van der Waals surface area contributed by atoms with Gasteiger partial charge in [0.25, 0.3) is 0 Å². The number of nitrogens with zero attached hydrogens (tertiary/aromatic N) is 1. The van der Waals surface area contributed by atoms with Gasteiger partial charge in [0.05, 0.1) is 0 Å². The number of benzene rings is 1. The first-order chi connectivity index (χ1) is 8.67. The van der Waals surface area contributed by atoms with Crippen LogP contribution in [0.15, 0.2) is 41.1 Å². The van der Waals surface area contributed by atoms with Crippen LogP contribution in [-0.2, 0) is 13.2 Å². The van der Waals surface area contributed by atoms with Gasteiger partial charge in [0, 0.05) is 35.0 Å². The fraction of sp³-hybridized carbons (Fsp3) is 0.154. The predicted octanol–water partition coefficient (Wildman–Crippen LogP) is 3.02. The summed E-state index contributed by atoms with van der Waals surface area (Å²) in [4.78, 5) is 4.03. The van der Waals surface area contributed by atoms with Crippen LogP contribution in [0, 0.1) is 5.82 Å². The molecule has 0 aliphatic rings. The average molecular weight is 311 g/mol. The molecule has 0 radical (unpaired) electrons. The number of rotatable bonds is 4. The molecule has 2 rings (SSSR count). The minimum Gasteiger partial charge on any atom is -0.489 e. The summed E-state index contributed by atoms with van der Waals surface area (Å²) in [6.07, 6.45) is 3.39. The van der Waals surface area contributed by atoms with Gasteiger partial charge in [0.2, 0.25) is 0 Å². The number of hydrogen-bond acceptors (Lipinski definition) is 3. The van der Waals surface area contributed by atoms with Crippen LogP contribution >= 0.6 is 15.9 Å². The second-order valence-corrected chi connectivity index (χ2v) is 4.72. The van der Waals surface area contributed by atoms with E-state index in [2.05, 4.69) is 20.9 Å². The number of ether oxygens (including phenoxy) is 1. The maximum Gasteiger partial charge on any atom is 0.127 e. The Hall–Kier alpha value is -1.46. The van der Waals surface area contributed by atoms with Crippen molar-refractivity contribution in [1.29, 1.82) is 0 Å². The summed E-state index contributed by atoms with van der Waals surface area (Å²) in [5, 5.41) is 0. The highest BCUT2D eigenvalue weighted by Crippen LogP contribution is 2.18. The molecule has 0 spiro atoms. The van der Waals surface area contributed by atoms with Gasteiger partial charge in [-0.15, -0.1) is 0 Å². The van der Waals surface area contributed by atoms with E-state index in [9.17, 15) is 4.39 Å². The Morgan fingerprint density at radius 2 is 2.00 bits per heavy atom. The minimum atomic E-state index is -0.347. The molecule has 0 aliphatic heterocycles. The topological polar surface area (TPSA) is 48.1 Å². The van der Waals surface area contributed by atoms with Gasteiger partial charge in [-0.05, 0) is 39.7 Å². The number of aromatic nitrogens is 1. The molecule has 0 atom stereocenters. The number of hydrogen-bond donors (Lipinski definition) is 1. The Morgan fingerprint density at radius 3 is 2.72 bits per heavy atom. The highest BCUT2D eigenvalue weighted by molar-refractivity contribution is 9.10. The molecule has 0 saturated carbocycles. The van der Waals surface area contributed by atoms with Crippen molar-refractivity contribution in [3.8, 4) is 5.75 Å². The highest BCUT2D eigenvalue weighted by atomic mass is 79.9. The molecule has 2 N–H and O–H groups in total. The van der Waals surface area contributed by atoms with Crippen molar-refractivity contribution in [2.24, 2.45) is 5.73 Å². The maximum atomic E-state index is 13.2. The van der Waals surface area contributed by atoms with Crippen LogP contribution in [0.25, 0.3) is 0 Å². The maximum absolute atomic E-state index is 13.2. The van der Waals surface area contributed by atoms with Crippen LogP contribution < -0.4 is 10.5 Å². The molecular weight excluding hydrogens is 299 g/mol. The number of pyridine rings is 1. The number of halogens is 2. The summed E-state index contributed by atoms with van der Waals surface area (Å²) in [6.45, 7) is 0.618. The zero-order valence-corrected chi connectivity index (χ0v) is 11.2. The van der Waals surface area contributed by atoms with Crippen LogP contribution in [0.3, 0.4) is 0 Å². The smallest absolute Gasteiger partial charge is 0.127 e. The average Bonchev–Trinajstić information content (AvgIpc) is 2.36. The Kier molecular flexibility index (Phi) is 4.28. The van der Waals surface area contributed by atoms with Crippen molar-refractivity contribution < 1.29 is 9.13 Å². The monoisotopic (exact) mass is 310 g/mol. The first-order valence-corrected chi connectivity index (χ1v) is 6.18. The molecule has 3 nitrogen and oxygen atoms in total. The van der Waals surface area contributed by atoms with Gasteiger partial charge >= 0.3 is 0 Å². The summed E-state index contributed by atoms with van der Waals surface area (Å²) in [5.41, 5.74) is 7.09. The van der Waals surface area contributed by atoms with Crippen molar-refractivity contribution in [3.05, 3.63) is 58.1 Å². The molecule has 2 aromatic rings. The van der Waals surface area contributed by atoms with Crippen LogP contribution in [-0.4, -0.2) is 4.98 Å². The quantitative estimate of drug-likeness (QED) is 0.944. The molecule has 18 heavy (non-hydrogen) atoms. The van der Waals surface area contributed by atoms with E-state index < -0.39 is 0 Å². The van der Waals surface area contributed by atoms with Gasteiger partial charge in [0.1, 0.15) is 18.2 Å². The third kappa shape index (κ3) is 3.51. The molecule has 94 valence electrons. The molecule has 0 fully saturated rings. The molecule has 0 bridgehead atoms. The van der Waals surface area contributed by atoms with E-state index in [1.54, 1.807) is 18.5 Å². The molecule has 0 aliphatic carbocycles. The summed E-state index contributed by atoms with van der Waals surface area (Å²) in [7, 11) is 0. The first-order valence-electron chi connectivity index (χ1n) is 5.39. The van der Waals surface area contributed by atoms with Crippen molar-refractivity contribution in [1.82, 2.24) is 4.98 Å². The van der Waals surface area contributed by atoms with E-state index in [1.807, 2.05) is 6.07 Å². The van der Waals surface area contributed by atoms with Crippen LogP contribution in [0.1, 0.15) is 11.1 Å². The van der Waals surface area contributed by atoms with Crippen molar-refractivity contribution >= 4 is 15.9 Å². The Labute approximate surface area is 113 Å². The van der Waals surface area contributed by atoms with Gasteiger partial charge in [-0.25, -0.2) is 4.39 Å². The normalized spacial score (nSPS) is 10.4. The molecule has 5 heteroatoms. The second-order valence-electron chi connectivity index (χ2n) is 3.80. The minimum absolute atomic E-state index is 0.284. The zero-order chi connectivity index (χ0) is 13.0. The van der Waals surface area contributed by atoms with E-state index in [4.69, 9.17) is 10.5 Å². The third-order valence-electron chi connectivity index (χ3n) is 2.33. The summed E-state index contributed by atoms with van der Waals surface area (Å²) in [6, 6.07) is 6.36. The lowest BCUT2D eigenvalue weighted by molar-refractivity contribution is 0.303. The number of nitrogens with two attached hydrogens (primary N) is 1. The molecule has 0 unspecified atom stereocenters. The van der Waals surface area contributed by atoms with E-state index in [0.717, 1.165) is 10.0 Å². The summed E-state index contributed by atoms with van der Waals surface area (Å²) >= 11 is 3.33. The Bertz CT molecular complexity index is 548. The zero-order valence-electron chi connectivity index (χ0n) is 9.57. The molecule has 1 heterocycles. The molecule has 1 aromatic heterocycles. The molecule has 0 amide bonds. The van der Waals surface area contributed by atoms with E-state index in [-0.39, 0.29) is 12.4 Å². The molecular formula is C13H12BrFN2O. The van der Waals surface area contributed by atoms with Crippen LogP contribution in [0.5, 0.6) is 5.75 Å². The fourth-order valence-electron chi connectivity index (χ4n) is 1.52. The molecule has 0 saturated heterocycles. The predicted molar refractivity (Wildman–Crippen MR) is 70.6 cm³/mol. The van der Waals surface area contributed by atoms with E-state index >= 15 is 0 Å². The van der Waals surface area contributed by atoms with Gasteiger partial charge < -0.3 is 10.5 Å². The van der Waals surface area contributed by atoms with Gasteiger partial charge in [-0.3, -0.25) is 4.98 Å². The standard InChI is InChI=1S/C13H12BrFN2O/c14-11-1-10(6-17-7-11)8-18-13-3-9(5-16)2-12(15)4-13/h1-4,6-7H,5,8,16H2. The molecule has 1 aromatic carbocycles. The van der Waals surface area contributed by atoms with Crippen LogP contribution in [0.4, 0.5) is 4.39 Å². The lowest BCUT2D eigenvalue weighted by atomic mass is 10.2. The Balaban J connectivity index is 2.08.